The van der Waals surface area contributed by atoms with Crippen molar-refractivity contribution >= 4 is 30.7 Å². The molecule has 1 unspecified atom stereocenters. The highest BCUT2D eigenvalue weighted by atomic mass is 35.5. The van der Waals surface area contributed by atoms with E-state index < -0.39 is 0 Å². The van der Waals surface area contributed by atoms with E-state index in [1.165, 1.54) is 0 Å². The van der Waals surface area contributed by atoms with E-state index in [1.807, 2.05) is 4.90 Å². The average Bonchev–Trinajstić information content (AvgIpc) is 2.06. The highest BCUT2D eigenvalue weighted by Crippen LogP contribution is 2.28. The van der Waals surface area contributed by atoms with Crippen LogP contribution in [0.1, 0.15) is 20.3 Å². The number of halogens is 2. The van der Waals surface area contributed by atoms with Crippen molar-refractivity contribution in [2.24, 2.45) is 17.1 Å². The Morgan fingerprint density at radius 2 is 1.94 bits per heavy atom. The Labute approximate surface area is 115 Å². The van der Waals surface area contributed by atoms with Crippen LogP contribution in [0.5, 0.6) is 0 Å². The molecule has 0 saturated carbocycles. The molecule has 2 aliphatic heterocycles. The van der Waals surface area contributed by atoms with Crippen molar-refractivity contribution in [3.8, 4) is 0 Å². The van der Waals surface area contributed by atoms with Crippen LogP contribution in [0.25, 0.3) is 0 Å². The van der Waals surface area contributed by atoms with Crippen LogP contribution in [0.3, 0.4) is 0 Å². The molecule has 2 heterocycles. The second-order valence-electron chi connectivity index (χ2n) is 5.50. The summed E-state index contributed by atoms with van der Waals surface area (Å²) in [6.07, 6.45) is 0.929. The van der Waals surface area contributed by atoms with Crippen molar-refractivity contribution in [1.82, 2.24) is 10.2 Å². The van der Waals surface area contributed by atoms with Gasteiger partial charge in [-0.2, -0.15) is 0 Å². The molecule has 0 aromatic rings. The van der Waals surface area contributed by atoms with E-state index in [9.17, 15) is 4.79 Å². The van der Waals surface area contributed by atoms with Crippen LogP contribution in [-0.2, 0) is 4.79 Å². The van der Waals surface area contributed by atoms with E-state index in [0.29, 0.717) is 5.91 Å². The summed E-state index contributed by atoms with van der Waals surface area (Å²) in [7, 11) is 0. The standard InChI is InChI=1S/C11H21N3O.2ClH/c1-11(2)7-14(4-3-9(11)12)10(15)8-5-13-6-8;;/h8-9,13H,3-7,12H2,1-2H3;2*1H. The van der Waals surface area contributed by atoms with Crippen molar-refractivity contribution in [1.29, 1.82) is 0 Å². The van der Waals surface area contributed by atoms with E-state index >= 15 is 0 Å². The second-order valence-corrected chi connectivity index (χ2v) is 5.50. The molecule has 17 heavy (non-hydrogen) atoms. The molecule has 0 radical (unpaired) electrons. The highest BCUT2D eigenvalue weighted by molar-refractivity contribution is 5.85. The van der Waals surface area contributed by atoms with Crippen molar-refractivity contribution in [2.45, 2.75) is 26.3 Å². The molecule has 6 heteroatoms. The first-order valence-corrected chi connectivity index (χ1v) is 5.76. The maximum absolute atomic E-state index is 12.0. The number of hydrogen-bond donors (Lipinski definition) is 2. The molecule has 2 aliphatic rings. The number of likely N-dealkylation sites (tertiary alicyclic amines) is 1. The molecule has 2 fully saturated rings. The smallest absolute Gasteiger partial charge is 0.228 e. The molecule has 0 aliphatic carbocycles. The zero-order chi connectivity index (χ0) is 11.1. The third kappa shape index (κ3) is 3.47. The third-order valence-corrected chi connectivity index (χ3v) is 3.75. The van der Waals surface area contributed by atoms with Crippen LogP contribution < -0.4 is 11.1 Å². The summed E-state index contributed by atoms with van der Waals surface area (Å²) in [5.41, 5.74) is 6.11. The molecule has 0 aromatic heterocycles. The Bertz CT molecular complexity index is 269. The number of rotatable bonds is 1. The molecular formula is C11H23Cl2N3O. The molecule has 2 saturated heterocycles. The van der Waals surface area contributed by atoms with Gasteiger partial charge in [0.1, 0.15) is 0 Å². The maximum atomic E-state index is 12.0. The summed E-state index contributed by atoms with van der Waals surface area (Å²) < 4.78 is 0. The maximum Gasteiger partial charge on any atom is 0.228 e. The lowest BCUT2D eigenvalue weighted by molar-refractivity contribution is -0.140. The summed E-state index contributed by atoms with van der Waals surface area (Å²) in [4.78, 5) is 14.0. The van der Waals surface area contributed by atoms with Gasteiger partial charge in [0.25, 0.3) is 0 Å². The van der Waals surface area contributed by atoms with E-state index in [1.54, 1.807) is 0 Å². The van der Waals surface area contributed by atoms with Gasteiger partial charge in [0.05, 0.1) is 5.92 Å². The first-order chi connectivity index (χ1) is 7.00. The van der Waals surface area contributed by atoms with E-state index in [4.69, 9.17) is 5.73 Å². The zero-order valence-corrected chi connectivity index (χ0v) is 12.1. The molecule has 0 spiro atoms. The Balaban J connectivity index is 0.00000128. The van der Waals surface area contributed by atoms with Gasteiger partial charge in [-0.25, -0.2) is 0 Å². The SMILES string of the molecule is CC1(C)CN(C(=O)C2CNC2)CCC1N.Cl.Cl. The van der Waals surface area contributed by atoms with Crippen molar-refractivity contribution < 1.29 is 4.79 Å². The van der Waals surface area contributed by atoms with Gasteiger partial charge in [-0.3, -0.25) is 4.79 Å². The number of piperidine rings is 1. The van der Waals surface area contributed by atoms with Crippen LogP contribution >= 0.6 is 24.8 Å². The van der Waals surface area contributed by atoms with Gasteiger partial charge in [0.15, 0.2) is 0 Å². The quantitative estimate of drug-likeness (QED) is 0.743. The molecular weight excluding hydrogens is 261 g/mol. The third-order valence-electron chi connectivity index (χ3n) is 3.75. The van der Waals surface area contributed by atoms with Crippen molar-refractivity contribution in [2.75, 3.05) is 26.2 Å². The van der Waals surface area contributed by atoms with Gasteiger partial charge in [0.2, 0.25) is 5.91 Å². The largest absolute Gasteiger partial charge is 0.342 e. The number of carbonyl (C=O) groups excluding carboxylic acids is 1. The van der Waals surface area contributed by atoms with E-state index in [-0.39, 0.29) is 42.2 Å². The summed E-state index contributed by atoms with van der Waals surface area (Å²) in [5.74, 6) is 0.531. The number of carbonyl (C=O) groups is 1. The molecule has 4 nitrogen and oxygen atoms in total. The fourth-order valence-corrected chi connectivity index (χ4v) is 2.28. The van der Waals surface area contributed by atoms with Gasteiger partial charge in [-0.05, 0) is 11.8 Å². The lowest BCUT2D eigenvalue weighted by Gasteiger charge is -2.44. The zero-order valence-electron chi connectivity index (χ0n) is 10.4. The average molecular weight is 284 g/mol. The van der Waals surface area contributed by atoms with Crippen LogP contribution in [0, 0.1) is 11.3 Å². The molecule has 102 valence electrons. The molecule has 3 N–H and O–H groups in total. The minimum absolute atomic E-state index is 0. The van der Waals surface area contributed by atoms with Crippen LogP contribution in [0.2, 0.25) is 0 Å². The predicted molar refractivity (Wildman–Crippen MR) is 73.8 cm³/mol. The van der Waals surface area contributed by atoms with Gasteiger partial charge >= 0.3 is 0 Å². The van der Waals surface area contributed by atoms with Gasteiger partial charge in [-0.1, -0.05) is 13.8 Å². The summed E-state index contributed by atoms with van der Waals surface area (Å²) >= 11 is 0. The Morgan fingerprint density at radius 1 is 1.35 bits per heavy atom. The van der Waals surface area contributed by atoms with Crippen molar-refractivity contribution in [3.63, 3.8) is 0 Å². The van der Waals surface area contributed by atoms with Gasteiger partial charge in [-0.15, -0.1) is 24.8 Å². The molecule has 1 atom stereocenters. The summed E-state index contributed by atoms with van der Waals surface area (Å²) in [6, 6.07) is 0.223. The van der Waals surface area contributed by atoms with E-state index in [0.717, 1.165) is 32.6 Å². The first-order valence-electron chi connectivity index (χ1n) is 5.76. The normalized spacial score (nSPS) is 27.5. The Hall–Kier alpha value is -0.0300. The number of hydrogen-bond acceptors (Lipinski definition) is 3. The van der Waals surface area contributed by atoms with Crippen LogP contribution in [0.15, 0.2) is 0 Å². The van der Waals surface area contributed by atoms with Crippen LogP contribution in [0.4, 0.5) is 0 Å². The van der Waals surface area contributed by atoms with E-state index in [2.05, 4.69) is 19.2 Å². The molecule has 2 rings (SSSR count). The summed E-state index contributed by atoms with van der Waals surface area (Å²) in [5, 5.41) is 3.14. The molecule has 1 amide bonds. The lowest BCUT2D eigenvalue weighted by atomic mass is 9.79. The predicted octanol–water partition coefficient (Wildman–Crippen LogP) is 0.635. The first kappa shape index (κ1) is 17.0. The summed E-state index contributed by atoms with van der Waals surface area (Å²) in [6.45, 7) is 7.64. The monoisotopic (exact) mass is 283 g/mol. The number of amides is 1. The minimum atomic E-state index is 0. The van der Waals surface area contributed by atoms with Crippen LogP contribution in [-0.4, -0.2) is 43.0 Å². The van der Waals surface area contributed by atoms with Gasteiger partial charge < -0.3 is 16.0 Å². The fourth-order valence-electron chi connectivity index (χ4n) is 2.28. The van der Waals surface area contributed by atoms with Gasteiger partial charge in [0, 0.05) is 32.2 Å². The second kappa shape index (κ2) is 6.23. The number of nitrogens with two attached hydrogens (primary N) is 1. The molecule has 0 bridgehead atoms. The minimum Gasteiger partial charge on any atom is -0.342 e. The lowest BCUT2D eigenvalue weighted by Crippen LogP contribution is -2.58. The van der Waals surface area contributed by atoms with Crippen molar-refractivity contribution in [3.05, 3.63) is 0 Å². The topological polar surface area (TPSA) is 58.4 Å². The highest BCUT2D eigenvalue weighted by Gasteiger charge is 2.38. The molecule has 0 aromatic carbocycles. The Kier molecular flexibility index (Phi) is 6.22. The Morgan fingerprint density at radius 3 is 2.35 bits per heavy atom. The number of nitrogens with zero attached hydrogens (tertiary/aromatic N) is 1. The number of nitrogens with one attached hydrogen (secondary N) is 1. The fraction of sp³-hybridized carbons (Fsp3) is 0.909.